The van der Waals surface area contributed by atoms with Crippen LogP contribution in [0.25, 0.3) is 0 Å². The average Bonchev–Trinajstić information content (AvgIpc) is 2.81. The largest absolute Gasteiger partial charge is 0.490 e. The number of anilines is 1. The molecule has 1 unspecified atom stereocenters. The van der Waals surface area contributed by atoms with E-state index in [1.165, 1.54) is 12.1 Å². The molecule has 4 nitrogen and oxygen atoms in total. The fraction of sp³-hybridized carbons (Fsp3) is 0.462. The molecule has 0 aromatic heterocycles. The van der Waals surface area contributed by atoms with Crippen molar-refractivity contribution >= 4 is 11.6 Å². The van der Waals surface area contributed by atoms with E-state index in [0.29, 0.717) is 18.7 Å². The molecule has 1 aliphatic heterocycles. The van der Waals surface area contributed by atoms with Gasteiger partial charge in [-0.05, 0) is 18.6 Å². The van der Waals surface area contributed by atoms with E-state index >= 15 is 0 Å². The van der Waals surface area contributed by atoms with Crippen molar-refractivity contribution in [3.63, 3.8) is 0 Å². The predicted octanol–water partition coefficient (Wildman–Crippen LogP) is 2.12. The summed E-state index contributed by atoms with van der Waals surface area (Å²) in [5.41, 5.74) is 0.589. The van der Waals surface area contributed by atoms with Crippen LogP contribution in [0.4, 0.5) is 18.9 Å². The first-order valence-corrected chi connectivity index (χ1v) is 6.16. The summed E-state index contributed by atoms with van der Waals surface area (Å²) in [5.74, 6) is 0.169. The van der Waals surface area contributed by atoms with Crippen molar-refractivity contribution in [1.82, 2.24) is 0 Å². The lowest BCUT2D eigenvalue weighted by molar-refractivity contribution is -0.210. The number of nitrogens with zero attached hydrogens (tertiary/aromatic N) is 1. The van der Waals surface area contributed by atoms with Gasteiger partial charge in [0, 0.05) is 24.7 Å². The van der Waals surface area contributed by atoms with E-state index in [-0.39, 0.29) is 11.7 Å². The molecular formula is C13H14F3NO3. The van der Waals surface area contributed by atoms with E-state index in [1.807, 2.05) is 0 Å². The number of halogens is 3. The number of rotatable bonds is 4. The van der Waals surface area contributed by atoms with E-state index in [1.54, 1.807) is 17.0 Å². The topological polar surface area (TPSA) is 49.8 Å². The maximum absolute atomic E-state index is 12.1. The molecule has 20 heavy (non-hydrogen) atoms. The Morgan fingerprint density at radius 1 is 1.40 bits per heavy atom. The number of aliphatic hydroxyl groups excluding tert-OH is 1. The van der Waals surface area contributed by atoms with Gasteiger partial charge in [0.15, 0.2) is 6.10 Å². The van der Waals surface area contributed by atoms with Crippen LogP contribution >= 0.6 is 0 Å². The quantitative estimate of drug-likeness (QED) is 0.923. The molecule has 1 fully saturated rings. The summed E-state index contributed by atoms with van der Waals surface area (Å²) in [5, 5.41) is 8.86. The number of benzene rings is 1. The van der Waals surface area contributed by atoms with E-state index < -0.39 is 18.9 Å². The summed E-state index contributed by atoms with van der Waals surface area (Å²) in [6.45, 7) is -0.283. The predicted molar refractivity (Wildman–Crippen MR) is 65.6 cm³/mol. The van der Waals surface area contributed by atoms with E-state index in [9.17, 15) is 18.0 Å². The first-order valence-electron chi connectivity index (χ1n) is 6.16. The number of carbonyl (C=O) groups is 1. The maximum Gasteiger partial charge on any atom is 0.417 e. The Labute approximate surface area is 113 Å². The van der Waals surface area contributed by atoms with Crippen LogP contribution in [0.1, 0.15) is 12.8 Å². The van der Waals surface area contributed by atoms with E-state index in [4.69, 9.17) is 9.84 Å². The molecule has 0 radical (unpaired) electrons. The van der Waals surface area contributed by atoms with Crippen molar-refractivity contribution in [2.75, 3.05) is 18.1 Å². The first-order chi connectivity index (χ1) is 9.38. The molecule has 7 heteroatoms. The summed E-state index contributed by atoms with van der Waals surface area (Å²) >= 11 is 0. The van der Waals surface area contributed by atoms with E-state index in [0.717, 1.165) is 6.42 Å². The fourth-order valence-electron chi connectivity index (χ4n) is 1.93. The molecule has 1 aliphatic rings. The molecule has 2 rings (SSSR count). The summed E-state index contributed by atoms with van der Waals surface area (Å²) < 4.78 is 41.4. The Morgan fingerprint density at radius 2 is 2.15 bits per heavy atom. The van der Waals surface area contributed by atoms with Gasteiger partial charge in [-0.1, -0.05) is 6.07 Å². The lowest BCUT2D eigenvalue weighted by Crippen LogP contribution is -2.34. The molecule has 1 aromatic carbocycles. The number of ether oxygens (including phenoxy) is 1. The Hall–Kier alpha value is -1.76. The highest BCUT2D eigenvalue weighted by Crippen LogP contribution is 2.26. The van der Waals surface area contributed by atoms with Gasteiger partial charge in [0.2, 0.25) is 5.91 Å². The van der Waals surface area contributed by atoms with Gasteiger partial charge < -0.3 is 14.7 Å². The second-order valence-corrected chi connectivity index (χ2v) is 4.51. The van der Waals surface area contributed by atoms with Crippen LogP contribution in [-0.4, -0.2) is 36.4 Å². The molecule has 0 aliphatic carbocycles. The smallest absolute Gasteiger partial charge is 0.417 e. The normalized spacial score (nSPS) is 17.4. The van der Waals surface area contributed by atoms with Crippen molar-refractivity contribution in [1.29, 1.82) is 0 Å². The summed E-state index contributed by atoms with van der Waals surface area (Å²) in [6, 6.07) is 6.26. The second kappa shape index (κ2) is 5.70. The zero-order valence-electron chi connectivity index (χ0n) is 10.6. The van der Waals surface area contributed by atoms with Gasteiger partial charge in [-0.3, -0.25) is 4.79 Å². The molecule has 0 spiro atoms. The molecule has 0 saturated carbocycles. The van der Waals surface area contributed by atoms with E-state index in [2.05, 4.69) is 0 Å². The standard InChI is InChI=1S/C13H14F3NO3/c14-13(15,16)11(18)8-20-10-4-1-3-9(7-10)17-6-2-5-12(17)19/h1,3-4,7,11,18H,2,5-6,8H2. The van der Waals surface area contributed by atoms with Crippen molar-refractivity contribution < 1.29 is 27.8 Å². The highest BCUT2D eigenvalue weighted by molar-refractivity contribution is 5.95. The SMILES string of the molecule is O=C1CCCN1c1cccc(OCC(O)C(F)(F)F)c1. The van der Waals surface area contributed by atoms with Crippen LogP contribution in [0.2, 0.25) is 0 Å². The van der Waals surface area contributed by atoms with Gasteiger partial charge in [-0.2, -0.15) is 13.2 Å². The van der Waals surface area contributed by atoms with Gasteiger partial charge in [0.25, 0.3) is 0 Å². The monoisotopic (exact) mass is 289 g/mol. The van der Waals surface area contributed by atoms with Crippen molar-refractivity contribution in [2.24, 2.45) is 0 Å². The lowest BCUT2D eigenvalue weighted by atomic mass is 10.2. The van der Waals surface area contributed by atoms with Crippen LogP contribution in [-0.2, 0) is 4.79 Å². The highest BCUT2D eigenvalue weighted by Gasteiger charge is 2.38. The molecule has 1 atom stereocenters. The summed E-state index contributed by atoms with van der Waals surface area (Å²) in [4.78, 5) is 13.1. The average molecular weight is 289 g/mol. The third kappa shape index (κ3) is 3.41. The van der Waals surface area contributed by atoms with Gasteiger partial charge in [0.05, 0.1) is 0 Å². The Morgan fingerprint density at radius 3 is 2.75 bits per heavy atom. The summed E-state index contributed by atoms with van der Waals surface area (Å²) in [6.07, 6.45) is -6.00. The molecule has 1 heterocycles. The van der Waals surface area contributed by atoms with Crippen molar-refractivity contribution in [3.8, 4) is 5.75 Å². The molecule has 1 saturated heterocycles. The van der Waals surface area contributed by atoms with Crippen LogP contribution in [0.3, 0.4) is 0 Å². The maximum atomic E-state index is 12.1. The Balaban J connectivity index is 2.01. The van der Waals surface area contributed by atoms with Crippen LogP contribution < -0.4 is 9.64 Å². The Kier molecular flexibility index (Phi) is 4.17. The third-order valence-corrected chi connectivity index (χ3v) is 2.99. The van der Waals surface area contributed by atoms with Crippen LogP contribution in [0, 0.1) is 0 Å². The lowest BCUT2D eigenvalue weighted by Gasteiger charge is -2.18. The minimum atomic E-state index is -4.71. The number of alkyl halides is 3. The zero-order valence-corrected chi connectivity index (χ0v) is 10.6. The molecule has 1 amide bonds. The number of hydrogen-bond acceptors (Lipinski definition) is 3. The molecule has 110 valence electrons. The fourth-order valence-corrected chi connectivity index (χ4v) is 1.93. The van der Waals surface area contributed by atoms with Gasteiger partial charge in [-0.25, -0.2) is 0 Å². The van der Waals surface area contributed by atoms with Gasteiger partial charge >= 0.3 is 6.18 Å². The van der Waals surface area contributed by atoms with Gasteiger partial charge in [-0.15, -0.1) is 0 Å². The second-order valence-electron chi connectivity index (χ2n) is 4.51. The Bertz CT molecular complexity index is 490. The van der Waals surface area contributed by atoms with Crippen LogP contribution in [0.5, 0.6) is 5.75 Å². The zero-order chi connectivity index (χ0) is 14.8. The molecule has 1 aromatic rings. The van der Waals surface area contributed by atoms with Crippen LogP contribution in [0.15, 0.2) is 24.3 Å². The number of hydrogen-bond donors (Lipinski definition) is 1. The van der Waals surface area contributed by atoms with Crippen molar-refractivity contribution in [2.45, 2.75) is 25.1 Å². The minimum absolute atomic E-state index is 0.0162. The highest BCUT2D eigenvalue weighted by atomic mass is 19.4. The van der Waals surface area contributed by atoms with Gasteiger partial charge in [0.1, 0.15) is 12.4 Å². The first kappa shape index (κ1) is 14.6. The third-order valence-electron chi connectivity index (χ3n) is 2.99. The number of amides is 1. The number of aliphatic hydroxyl groups is 1. The molecule has 1 N–H and O–H groups in total. The molecule has 0 bridgehead atoms. The number of carbonyl (C=O) groups excluding carboxylic acids is 1. The minimum Gasteiger partial charge on any atom is -0.490 e. The molecular weight excluding hydrogens is 275 g/mol. The summed E-state index contributed by atoms with van der Waals surface area (Å²) in [7, 11) is 0. The van der Waals surface area contributed by atoms with Crippen molar-refractivity contribution in [3.05, 3.63) is 24.3 Å².